The molecule has 9 aromatic rings. The highest BCUT2D eigenvalue weighted by Crippen LogP contribution is 2.35. The maximum atomic E-state index is 12.0. The van der Waals surface area contributed by atoms with Crippen LogP contribution in [0.15, 0.2) is 196 Å². The van der Waals surface area contributed by atoms with Crippen molar-refractivity contribution in [3.63, 3.8) is 0 Å². The van der Waals surface area contributed by atoms with Gasteiger partial charge in [-0.05, 0) is 82.8 Å². The van der Waals surface area contributed by atoms with Gasteiger partial charge in [0.15, 0.2) is 9.84 Å². The van der Waals surface area contributed by atoms with Gasteiger partial charge in [0.05, 0.1) is 60.5 Å². The molecule has 0 aliphatic carbocycles. The number of rotatable bonds is 19. The molecule has 7 aromatic carbocycles. The molecule has 17 heteroatoms. The lowest BCUT2D eigenvalue weighted by Gasteiger charge is -2.19. The quantitative estimate of drug-likeness (QED) is 0.0379. The van der Waals surface area contributed by atoms with E-state index in [0.29, 0.717) is 48.6 Å². The molecule has 3 atom stereocenters. The van der Waals surface area contributed by atoms with E-state index < -0.39 is 22.0 Å². The van der Waals surface area contributed by atoms with Crippen LogP contribution in [0.5, 0.6) is 0 Å². The molecule has 2 unspecified atom stereocenters. The van der Waals surface area contributed by atoms with Crippen LogP contribution in [0.25, 0.3) is 21.8 Å². The Morgan fingerprint density at radius 1 is 0.514 bits per heavy atom. The smallest absolute Gasteiger partial charge is 0.225 e. The standard InChI is InChI=1S/C31H30N4O2S.C26H26N4O4S2/c36-20-24-13-5-9-17-29(24)38-28-16-8-4-12-23(28)19-32-31-34-27-15-7-6-14-26(27)30(35-31)33-25(21-37)18-22-10-2-1-3-11-22;31-14-18-8-2-6-12-24(18)35-23-11-5-1-7-17(23)13-27-26-29-20-10-4-3-9-19(20)25(30-26)28-21-15-36(33,34)16-22(21)32/h1-17,25,36-37H,18-21H2,(H2,32,33,34,35);1-12,21-22,31-32H,13-16H2,(H2,27,28,29,30)/t25-;/m0./s1. The number of anilines is 4. The molecule has 0 radical (unpaired) electrons. The van der Waals surface area contributed by atoms with Gasteiger partial charge >= 0.3 is 0 Å². The summed E-state index contributed by atoms with van der Waals surface area (Å²) in [4.78, 5) is 23.0. The summed E-state index contributed by atoms with van der Waals surface area (Å²) in [6.07, 6.45) is -0.316. The van der Waals surface area contributed by atoms with Crippen LogP contribution < -0.4 is 21.3 Å². The Morgan fingerprint density at radius 3 is 1.43 bits per heavy atom. The maximum absolute atomic E-state index is 12.0. The number of sulfone groups is 1. The monoisotopic (exact) mass is 1040 g/mol. The average Bonchev–Trinajstić information content (AvgIpc) is 3.70. The molecule has 378 valence electrons. The summed E-state index contributed by atoms with van der Waals surface area (Å²) < 4.78 is 23.9. The number of aliphatic hydroxyl groups is 4. The van der Waals surface area contributed by atoms with Gasteiger partial charge in [-0.25, -0.2) is 18.4 Å². The van der Waals surface area contributed by atoms with Crippen LogP contribution >= 0.6 is 23.5 Å². The van der Waals surface area contributed by atoms with Crippen molar-refractivity contribution in [2.75, 3.05) is 39.4 Å². The Bertz CT molecular complexity index is 3450. The molecular formula is C57H56N8O6S3. The first kappa shape index (κ1) is 51.8. The summed E-state index contributed by atoms with van der Waals surface area (Å²) in [5.74, 6) is 1.67. The number of nitrogens with zero attached hydrogens (tertiary/aromatic N) is 4. The number of benzene rings is 7. The van der Waals surface area contributed by atoms with Gasteiger partial charge < -0.3 is 41.7 Å². The van der Waals surface area contributed by atoms with Crippen molar-refractivity contribution in [3.05, 3.63) is 204 Å². The minimum absolute atomic E-state index is 0.00338. The lowest BCUT2D eigenvalue weighted by atomic mass is 10.1. The third-order valence-corrected chi connectivity index (χ3v) is 16.5. The zero-order valence-electron chi connectivity index (χ0n) is 40.3. The Balaban J connectivity index is 0.000000182. The second-order valence-electron chi connectivity index (χ2n) is 17.6. The van der Waals surface area contributed by atoms with E-state index in [0.717, 1.165) is 63.7 Å². The van der Waals surface area contributed by atoms with Crippen molar-refractivity contribution in [1.82, 2.24) is 19.9 Å². The third-order valence-electron chi connectivity index (χ3n) is 12.3. The highest BCUT2D eigenvalue weighted by Gasteiger charge is 2.37. The first-order chi connectivity index (χ1) is 36.1. The fraction of sp³-hybridized carbons (Fsp3) is 0.193. The molecule has 14 nitrogen and oxygen atoms in total. The molecule has 3 heterocycles. The summed E-state index contributed by atoms with van der Waals surface area (Å²) in [6.45, 7) is 0.957. The number of nitrogens with one attached hydrogen (secondary N) is 4. The summed E-state index contributed by atoms with van der Waals surface area (Å²) in [7, 11) is -3.30. The van der Waals surface area contributed by atoms with Crippen LogP contribution in [0.4, 0.5) is 23.5 Å². The molecule has 1 saturated heterocycles. The van der Waals surface area contributed by atoms with Crippen LogP contribution in [-0.4, -0.2) is 85.1 Å². The predicted octanol–water partition coefficient (Wildman–Crippen LogP) is 9.36. The van der Waals surface area contributed by atoms with E-state index in [2.05, 4.69) is 55.5 Å². The minimum Gasteiger partial charge on any atom is -0.394 e. The van der Waals surface area contributed by atoms with Crippen molar-refractivity contribution >= 4 is 78.7 Å². The number of aliphatic hydroxyl groups excluding tert-OH is 4. The van der Waals surface area contributed by atoms with E-state index in [1.807, 2.05) is 152 Å². The summed E-state index contributed by atoms with van der Waals surface area (Å²) in [6, 6.07) is 56.5. The molecule has 0 saturated carbocycles. The van der Waals surface area contributed by atoms with Gasteiger partial charge in [-0.15, -0.1) is 0 Å². The Morgan fingerprint density at radius 2 is 0.946 bits per heavy atom. The van der Waals surface area contributed by atoms with Crippen LogP contribution in [-0.2, 0) is 42.6 Å². The number of hydrogen-bond donors (Lipinski definition) is 8. The topological polar surface area (TPSA) is 215 Å². The molecule has 10 rings (SSSR count). The molecule has 8 N–H and O–H groups in total. The van der Waals surface area contributed by atoms with Gasteiger partial charge in [-0.3, -0.25) is 0 Å². The van der Waals surface area contributed by atoms with Crippen LogP contribution in [0.3, 0.4) is 0 Å². The van der Waals surface area contributed by atoms with E-state index >= 15 is 0 Å². The molecule has 0 bridgehead atoms. The molecule has 2 aromatic heterocycles. The van der Waals surface area contributed by atoms with E-state index in [-0.39, 0.29) is 37.4 Å². The van der Waals surface area contributed by atoms with Gasteiger partial charge in [-0.1, -0.05) is 151 Å². The van der Waals surface area contributed by atoms with Gasteiger partial charge in [0.1, 0.15) is 11.6 Å². The van der Waals surface area contributed by atoms with Crippen LogP contribution in [0.1, 0.15) is 27.8 Å². The number of fused-ring (bicyclic) bond motifs is 2. The zero-order chi connectivity index (χ0) is 51.3. The van der Waals surface area contributed by atoms with Crippen molar-refractivity contribution in [2.24, 2.45) is 0 Å². The largest absolute Gasteiger partial charge is 0.394 e. The first-order valence-corrected chi connectivity index (χ1v) is 27.6. The van der Waals surface area contributed by atoms with Crippen LogP contribution in [0, 0.1) is 0 Å². The second kappa shape index (κ2) is 24.8. The SMILES string of the molecule is O=S1(=O)CC(O)C(Nc2nc(NCc3ccccc3Sc3ccccc3CO)nc3ccccc23)C1.OCc1ccccc1Sc1ccccc1CNc1nc(N[C@H](CO)Cc2ccccc2)c2ccccc2n1. The second-order valence-corrected chi connectivity index (χ2v) is 21.9. The van der Waals surface area contributed by atoms with E-state index in [1.54, 1.807) is 23.5 Å². The summed E-state index contributed by atoms with van der Waals surface area (Å²) in [5, 5.41) is 54.7. The van der Waals surface area contributed by atoms with E-state index in [9.17, 15) is 28.8 Å². The minimum atomic E-state index is -3.30. The van der Waals surface area contributed by atoms with Crippen molar-refractivity contribution < 1.29 is 28.8 Å². The van der Waals surface area contributed by atoms with Gasteiger partial charge in [0.2, 0.25) is 11.9 Å². The lowest BCUT2D eigenvalue weighted by molar-refractivity contribution is 0.190. The van der Waals surface area contributed by atoms with Gasteiger partial charge in [0.25, 0.3) is 0 Å². The van der Waals surface area contributed by atoms with Crippen LogP contribution in [0.2, 0.25) is 0 Å². The van der Waals surface area contributed by atoms with Crippen molar-refractivity contribution in [3.8, 4) is 0 Å². The molecule has 0 amide bonds. The number of aromatic nitrogens is 4. The molecular weight excluding hydrogens is 989 g/mol. The Kier molecular flexibility index (Phi) is 17.3. The van der Waals surface area contributed by atoms with Gasteiger partial charge in [0, 0.05) is 43.4 Å². The molecule has 1 aliphatic rings. The van der Waals surface area contributed by atoms with Gasteiger partial charge in [-0.2, -0.15) is 9.97 Å². The summed E-state index contributed by atoms with van der Waals surface area (Å²) >= 11 is 3.23. The zero-order valence-corrected chi connectivity index (χ0v) is 42.7. The fourth-order valence-corrected chi connectivity index (χ4v) is 12.4. The molecule has 0 spiro atoms. The van der Waals surface area contributed by atoms with Crippen molar-refractivity contribution in [2.45, 2.75) is 70.5 Å². The Labute approximate surface area is 438 Å². The number of hydrogen-bond acceptors (Lipinski definition) is 16. The maximum Gasteiger partial charge on any atom is 0.225 e. The average molecular weight is 1050 g/mol. The number of para-hydroxylation sites is 2. The molecule has 1 aliphatic heterocycles. The predicted molar refractivity (Wildman–Crippen MR) is 296 cm³/mol. The fourth-order valence-electron chi connectivity index (χ4n) is 8.48. The first-order valence-electron chi connectivity index (χ1n) is 24.1. The molecule has 74 heavy (non-hydrogen) atoms. The third kappa shape index (κ3) is 13.4. The van der Waals surface area contributed by atoms with E-state index in [4.69, 9.17) is 9.97 Å². The highest BCUT2D eigenvalue weighted by molar-refractivity contribution is 7.99. The van der Waals surface area contributed by atoms with E-state index in [1.165, 1.54) is 0 Å². The normalized spacial score (nSPS) is 15.2. The Hall–Kier alpha value is -7.09. The lowest BCUT2D eigenvalue weighted by Crippen LogP contribution is -2.32. The summed E-state index contributed by atoms with van der Waals surface area (Å²) in [5.41, 5.74) is 6.59. The molecule has 1 fully saturated rings. The highest BCUT2D eigenvalue weighted by atomic mass is 32.2. The van der Waals surface area contributed by atoms with Crippen molar-refractivity contribution in [1.29, 1.82) is 0 Å².